The Bertz CT molecular complexity index is 532. The lowest BCUT2D eigenvalue weighted by molar-refractivity contribution is 0.446. The number of halogens is 1. The van der Waals surface area contributed by atoms with Crippen LogP contribution >= 0.6 is 11.6 Å². The summed E-state index contributed by atoms with van der Waals surface area (Å²) in [7, 11) is 0. The van der Waals surface area contributed by atoms with Gasteiger partial charge in [-0.05, 0) is 30.5 Å². The smallest absolute Gasteiger partial charge is 0.239 e. The summed E-state index contributed by atoms with van der Waals surface area (Å²) >= 11 is 5.90. The lowest BCUT2D eigenvalue weighted by Crippen LogP contribution is -2.17. The van der Waals surface area contributed by atoms with Crippen molar-refractivity contribution in [3.63, 3.8) is 0 Å². The third-order valence-corrected chi connectivity index (χ3v) is 3.42. The van der Waals surface area contributed by atoms with E-state index in [9.17, 15) is 0 Å². The van der Waals surface area contributed by atoms with Crippen molar-refractivity contribution in [2.75, 3.05) is 5.73 Å². The number of hydrogen-bond donors (Lipinski definition) is 1. The first-order valence-corrected chi connectivity index (χ1v) is 6.07. The second kappa shape index (κ2) is 4.04. The molecular formula is C12H13ClN4. The Morgan fingerprint density at radius 3 is 2.82 bits per heavy atom. The Hall–Kier alpha value is -1.55. The monoisotopic (exact) mass is 248 g/mol. The van der Waals surface area contributed by atoms with E-state index in [-0.39, 0.29) is 5.92 Å². The summed E-state index contributed by atoms with van der Waals surface area (Å²) in [6.45, 7) is 0.906. The van der Waals surface area contributed by atoms with Crippen LogP contribution in [0.15, 0.2) is 24.3 Å². The van der Waals surface area contributed by atoms with E-state index >= 15 is 0 Å². The number of benzene rings is 1. The quantitative estimate of drug-likeness (QED) is 0.843. The van der Waals surface area contributed by atoms with Crippen molar-refractivity contribution in [1.82, 2.24) is 14.8 Å². The van der Waals surface area contributed by atoms with Crippen molar-refractivity contribution in [2.45, 2.75) is 25.3 Å². The molecule has 0 saturated carbocycles. The number of anilines is 1. The molecule has 17 heavy (non-hydrogen) atoms. The van der Waals surface area contributed by atoms with E-state index < -0.39 is 0 Å². The Labute approximate surface area is 104 Å². The van der Waals surface area contributed by atoms with Gasteiger partial charge in [0.25, 0.3) is 0 Å². The fourth-order valence-electron chi connectivity index (χ4n) is 2.38. The van der Waals surface area contributed by atoms with E-state index in [1.165, 1.54) is 5.56 Å². The zero-order chi connectivity index (χ0) is 11.8. The van der Waals surface area contributed by atoms with Crippen LogP contribution in [0.3, 0.4) is 0 Å². The molecule has 0 saturated heterocycles. The van der Waals surface area contributed by atoms with Gasteiger partial charge in [0.15, 0.2) is 0 Å². The molecule has 2 N–H and O–H groups in total. The maximum Gasteiger partial charge on any atom is 0.239 e. The van der Waals surface area contributed by atoms with Crippen molar-refractivity contribution >= 4 is 17.5 Å². The lowest BCUT2D eigenvalue weighted by Gasteiger charge is -2.22. The first-order chi connectivity index (χ1) is 8.24. The van der Waals surface area contributed by atoms with Gasteiger partial charge in [-0.1, -0.05) is 23.7 Å². The number of nitrogens with zero attached hydrogens (tertiary/aromatic N) is 3. The van der Waals surface area contributed by atoms with Crippen LogP contribution in [0.2, 0.25) is 5.02 Å². The molecule has 0 bridgehead atoms. The molecule has 1 aromatic heterocycles. The van der Waals surface area contributed by atoms with Crippen molar-refractivity contribution in [2.24, 2.45) is 0 Å². The van der Waals surface area contributed by atoms with Gasteiger partial charge < -0.3 is 5.73 Å². The van der Waals surface area contributed by atoms with Crippen molar-refractivity contribution in [3.05, 3.63) is 40.7 Å². The fourth-order valence-corrected chi connectivity index (χ4v) is 2.51. The molecule has 0 amide bonds. The number of rotatable bonds is 1. The largest absolute Gasteiger partial charge is 0.366 e. The molecule has 1 aliphatic rings. The van der Waals surface area contributed by atoms with E-state index in [0.29, 0.717) is 5.95 Å². The Morgan fingerprint density at radius 2 is 2.06 bits per heavy atom. The Kier molecular flexibility index (Phi) is 2.52. The van der Waals surface area contributed by atoms with Crippen LogP contribution in [-0.4, -0.2) is 14.8 Å². The summed E-state index contributed by atoms with van der Waals surface area (Å²) in [6.07, 6.45) is 2.18. The predicted octanol–water partition coefficient (Wildman–Crippen LogP) is 2.44. The SMILES string of the molecule is Nc1nc2n(n1)CCCC2c1ccc(Cl)cc1. The Morgan fingerprint density at radius 1 is 1.29 bits per heavy atom. The molecular weight excluding hydrogens is 236 g/mol. The standard InChI is InChI=1S/C12H13ClN4/c13-9-5-3-8(4-6-9)10-2-1-7-17-11(10)15-12(14)16-17/h3-6,10H,1-2,7H2,(H2,14,16). The minimum absolute atomic E-state index is 0.283. The molecule has 0 aliphatic carbocycles. The topological polar surface area (TPSA) is 56.7 Å². The minimum atomic E-state index is 0.283. The highest BCUT2D eigenvalue weighted by Crippen LogP contribution is 2.32. The van der Waals surface area contributed by atoms with Crippen LogP contribution in [0.25, 0.3) is 0 Å². The van der Waals surface area contributed by atoms with Gasteiger partial charge in [-0.3, -0.25) is 0 Å². The first-order valence-electron chi connectivity index (χ1n) is 5.70. The average Bonchev–Trinajstić information content (AvgIpc) is 2.70. The molecule has 88 valence electrons. The summed E-state index contributed by atoms with van der Waals surface area (Å²) in [5.41, 5.74) is 6.88. The van der Waals surface area contributed by atoms with Crippen LogP contribution in [-0.2, 0) is 6.54 Å². The predicted molar refractivity (Wildman–Crippen MR) is 67.0 cm³/mol. The molecule has 2 heterocycles. The Balaban J connectivity index is 2.02. The second-order valence-corrected chi connectivity index (χ2v) is 4.73. The summed E-state index contributed by atoms with van der Waals surface area (Å²) < 4.78 is 1.91. The van der Waals surface area contributed by atoms with Gasteiger partial charge in [0.1, 0.15) is 5.82 Å². The number of hydrogen-bond acceptors (Lipinski definition) is 3. The van der Waals surface area contributed by atoms with Gasteiger partial charge in [0, 0.05) is 17.5 Å². The summed E-state index contributed by atoms with van der Waals surface area (Å²) in [5, 5.41) is 4.96. The van der Waals surface area contributed by atoms with Gasteiger partial charge in [-0.15, -0.1) is 5.10 Å². The van der Waals surface area contributed by atoms with Gasteiger partial charge in [-0.2, -0.15) is 4.98 Å². The molecule has 1 atom stereocenters. The lowest BCUT2D eigenvalue weighted by atomic mass is 9.91. The van der Waals surface area contributed by atoms with Crippen molar-refractivity contribution in [1.29, 1.82) is 0 Å². The number of nitrogen functional groups attached to an aromatic ring is 1. The normalized spacial score (nSPS) is 19.0. The molecule has 0 radical (unpaired) electrons. The zero-order valence-electron chi connectivity index (χ0n) is 9.31. The van der Waals surface area contributed by atoms with Gasteiger partial charge in [-0.25, -0.2) is 4.68 Å². The van der Waals surface area contributed by atoms with Gasteiger partial charge in [0.05, 0.1) is 0 Å². The maximum atomic E-state index is 5.90. The van der Waals surface area contributed by atoms with Gasteiger partial charge in [0.2, 0.25) is 5.95 Å². The molecule has 2 aromatic rings. The van der Waals surface area contributed by atoms with Gasteiger partial charge >= 0.3 is 0 Å². The number of nitrogens with two attached hydrogens (primary N) is 1. The highest BCUT2D eigenvalue weighted by Gasteiger charge is 2.25. The molecule has 4 nitrogen and oxygen atoms in total. The van der Waals surface area contributed by atoms with Crippen LogP contribution < -0.4 is 5.73 Å². The molecule has 1 aromatic carbocycles. The summed E-state index contributed by atoms with van der Waals surface area (Å²) in [4.78, 5) is 4.33. The van der Waals surface area contributed by atoms with E-state index in [1.54, 1.807) is 0 Å². The number of aryl methyl sites for hydroxylation is 1. The van der Waals surface area contributed by atoms with E-state index in [4.69, 9.17) is 17.3 Å². The summed E-state index contributed by atoms with van der Waals surface area (Å²) in [6, 6.07) is 7.92. The molecule has 3 rings (SSSR count). The molecule has 1 aliphatic heterocycles. The zero-order valence-corrected chi connectivity index (χ0v) is 10.1. The molecule has 5 heteroatoms. The second-order valence-electron chi connectivity index (χ2n) is 4.30. The van der Waals surface area contributed by atoms with Crippen LogP contribution in [0, 0.1) is 0 Å². The van der Waals surface area contributed by atoms with Crippen LogP contribution in [0.4, 0.5) is 5.95 Å². The fraction of sp³-hybridized carbons (Fsp3) is 0.333. The third-order valence-electron chi connectivity index (χ3n) is 3.16. The number of aromatic nitrogens is 3. The summed E-state index contributed by atoms with van der Waals surface area (Å²) in [5.74, 6) is 1.61. The van der Waals surface area contributed by atoms with Crippen LogP contribution in [0.1, 0.15) is 30.1 Å². The van der Waals surface area contributed by atoms with E-state index in [1.807, 2.05) is 28.9 Å². The highest BCUT2D eigenvalue weighted by molar-refractivity contribution is 6.30. The molecule has 0 spiro atoms. The minimum Gasteiger partial charge on any atom is -0.366 e. The van der Waals surface area contributed by atoms with Crippen molar-refractivity contribution in [3.8, 4) is 0 Å². The highest BCUT2D eigenvalue weighted by atomic mass is 35.5. The first kappa shape index (κ1) is 10.6. The maximum absolute atomic E-state index is 5.90. The van der Waals surface area contributed by atoms with Crippen molar-refractivity contribution < 1.29 is 0 Å². The van der Waals surface area contributed by atoms with Crippen LogP contribution in [0.5, 0.6) is 0 Å². The molecule has 1 unspecified atom stereocenters. The molecule has 0 fully saturated rings. The van der Waals surface area contributed by atoms with E-state index in [2.05, 4.69) is 10.1 Å². The number of fused-ring (bicyclic) bond motifs is 1. The third kappa shape index (κ3) is 1.89. The average molecular weight is 249 g/mol. The van der Waals surface area contributed by atoms with E-state index in [0.717, 1.165) is 30.2 Å².